The van der Waals surface area contributed by atoms with Crippen LogP contribution in [0.1, 0.15) is 45.4 Å². The molecule has 0 saturated heterocycles. The molecule has 0 aromatic heterocycles. The minimum absolute atomic E-state index is 0. The third-order valence-corrected chi connectivity index (χ3v) is 1.83. The van der Waals surface area contributed by atoms with Crippen LogP contribution in [0.4, 0.5) is 0 Å². The zero-order chi connectivity index (χ0) is 32.7. The number of nitrogens with zero attached hydrogens (tertiary/aromatic N) is 6. The molecule has 0 aromatic carbocycles. The normalized spacial score (nSPS) is 5.70. The lowest BCUT2D eigenvalue weighted by Gasteiger charge is -1.93. The molecule has 0 atom stereocenters. The highest BCUT2D eigenvalue weighted by atomic mass is 79.9. The Kier molecular flexibility index (Phi) is 388. The summed E-state index contributed by atoms with van der Waals surface area (Å²) in [6, 6.07) is 0. The zero-order valence-corrected chi connectivity index (χ0v) is 25.6. The summed E-state index contributed by atoms with van der Waals surface area (Å²) >= 11 is 0. The van der Waals surface area contributed by atoms with Crippen molar-refractivity contribution in [3.8, 4) is 0 Å². The van der Waals surface area contributed by atoms with Crippen molar-refractivity contribution < 1.29 is 16.0 Å². The zero-order valence-electron chi connectivity index (χ0n) is 23.8. The topological polar surface area (TPSA) is 492 Å². The minimum atomic E-state index is 0. The number of nitrogens with one attached hydrogen (secondary N) is 9. The molecule has 0 saturated carbocycles. The van der Waals surface area contributed by atoms with E-state index in [9.17, 15) is 0 Å². The van der Waals surface area contributed by atoms with Gasteiger partial charge >= 0.3 is 0 Å². The van der Waals surface area contributed by atoms with Gasteiger partial charge in [0.1, 0.15) is 0 Å². The standard InChI is InChI=1S/2C5H14N2.2C2H7N.BrH.3HN3.3HNO2.H3N/c1-2-3-4-5-7-6;6-4-2-1-3-5-7;2*1-3-2;;3*1-3-2;3*2-1-3;/h7H,2-6H2,1H3;1-7H2;2*3H,1-2H3;1H;6*1H;1H3. The van der Waals surface area contributed by atoms with Crippen LogP contribution in [0.25, 0.3) is 31.3 Å². The van der Waals surface area contributed by atoms with Gasteiger partial charge in [-0.15, -0.1) is 33.6 Å². The van der Waals surface area contributed by atoms with Crippen molar-refractivity contribution in [1.82, 2.24) is 22.2 Å². The number of hydrogen-bond acceptors (Lipinski definition) is 16. The lowest BCUT2D eigenvalue weighted by atomic mass is 10.2. The molecule has 246 valence electrons. The average molecular weight is 663 g/mol. The maximum Gasteiger partial charge on any atom is 0.00974 e. The van der Waals surface area contributed by atoms with E-state index in [1.807, 2.05) is 28.2 Å². The maximum atomic E-state index is 8.12. The van der Waals surface area contributed by atoms with Gasteiger partial charge in [0.25, 0.3) is 0 Å². The highest BCUT2D eigenvalue weighted by Gasteiger charge is 1.80. The number of halogens is 1. The molecular formula is C14H52BrN19O6. The fourth-order valence-corrected chi connectivity index (χ4v) is 0.943. The molecule has 25 nitrogen and oxygen atoms in total. The van der Waals surface area contributed by atoms with Gasteiger partial charge in [-0.3, -0.25) is 41.6 Å². The van der Waals surface area contributed by atoms with Crippen LogP contribution in [0.2, 0.25) is 0 Å². The first-order valence-corrected chi connectivity index (χ1v) is 10.2. The molecule has 40 heavy (non-hydrogen) atoms. The molecule has 18 N–H and O–H groups in total. The van der Waals surface area contributed by atoms with Crippen molar-refractivity contribution in [1.29, 1.82) is 16.6 Å². The largest absolute Gasteiger partial charge is 0.344 e. The van der Waals surface area contributed by atoms with Crippen LogP contribution >= 0.6 is 17.0 Å². The number of hydrazine groups is 1. The molecule has 0 aliphatic carbocycles. The van der Waals surface area contributed by atoms with Gasteiger partial charge in [-0.1, -0.05) is 26.2 Å². The molecule has 26 heteroatoms. The first-order chi connectivity index (χ1) is 18.1. The SMILES string of the molecule is Br.CCCCCNN.CNC.CNC.N.NCCCCCN.O=[NH+][O-].O=[NH+][O-].O=[NH+][O-].[N-]=[N+]=N.[N-]=[N+]=N.[N-]=[N+]=N. The van der Waals surface area contributed by atoms with Crippen molar-refractivity contribution in [2.75, 3.05) is 47.8 Å². The summed E-state index contributed by atoms with van der Waals surface area (Å²) in [7, 11) is 7.50. The predicted octanol–water partition coefficient (Wildman–Crippen LogP) is -1.25. The number of hydrogen-bond donors (Lipinski definition) is 13. The molecule has 0 aliphatic rings. The first-order valence-electron chi connectivity index (χ1n) is 10.2. The Balaban J connectivity index is -0.0000000223. The number of rotatable bonds is 8. The van der Waals surface area contributed by atoms with E-state index in [0.29, 0.717) is 0 Å². The molecule has 0 radical (unpaired) electrons. The van der Waals surface area contributed by atoms with E-state index in [0.717, 1.165) is 32.5 Å². The van der Waals surface area contributed by atoms with Crippen molar-refractivity contribution in [3.63, 3.8) is 0 Å². The van der Waals surface area contributed by atoms with E-state index in [1.165, 1.54) is 25.7 Å². The van der Waals surface area contributed by atoms with Crippen molar-refractivity contribution in [2.45, 2.75) is 45.4 Å². The monoisotopic (exact) mass is 661 g/mol. The van der Waals surface area contributed by atoms with E-state index in [-0.39, 0.29) is 39.2 Å². The Labute approximate surface area is 244 Å². The summed E-state index contributed by atoms with van der Waals surface area (Å²) in [4.78, 5) is 29.6. The second-order valence-electron chi connectivity index (χ2n) is 4.85. The summed E-state index contributed by atoms with van der Waals surface area (Å²) in [5.74, 6) is 5.02. The van der Waals surface area contributed by atoms with Crippen LogP contribution in [0.3, 0.4) is 0 Å². The van der Waals surface area contributed by atoms with Gasteiger partial charge in [-0.25, -0.2) is 0 Å². The molecular weight excluding hydrogens is 610 g/mol. The Morgan fingerprint density at radius 3 is 1.02 bits per heavy atom. The fraction of sp³-hybridized carbons (Fsp3) is 1.00. The quantitative estimate of drug-likeness (QED) is 0.0275. The summed E-state index contributed by atoms with van der Waals surface area (Å²) in [5.41, 5.74) is 49.8. The molecule has 0 amide bonds. The summed E-state index contributed by atoms with van der Waals surface area (Å²) in [6.45, 7) is 4.74. The summed E-state index contributed by atoms with van der Waals surface area (Å²) < 4.78 is 0. The second kappa shape index (κ2) is 203. The molecule has 0 spiro atoms. The van der Waals surface area contributed by atoms with Gasteiger partial charge in [0.15, 0.2) is 0 Å². The lowest BCUT2D eigenvalue weighted by Crippen LogP contribution is -2.53. The van der Waals surface area contributed by atoms with Crippen LogP contribution in [0.15, 0.2) is 0 Å². The van der Waals surface area contributed by atoms with Gasteiger partial charge in [-0.05, 0) is 91.9 Å². The number of unbranched alkanes of at least 4 members (excludes halogenated alkanes) is 4. The average Bonchev–Trinajstić information content (AvgIpc) is 2.84. The molecule has 0 fully saturated rings. The molecule has 0 aromatic rings. The fourth-order valence-electron chi connectivity index (χ4n) is 0.943. The third kappa shape index (κ3) is 2030. The second-order valence-corrected chi connectivity index (χ2v) is 4.85. The van der Waals surface area contributed by atoms with Crippen LogP contribution in [0.5, 0.6) is 0 Å². The first kappa shape index (κ1) is 76.6. The van der Waals surface area contributed by atoms with Gasteiger partial charge in [0, 0.05) is 22.6 Å². The van der Waals surface area contributed by atoms with Crippen LogP contribution < -0.4 is 55.5 Å². The van der Waals surface area contributed by atoms with E-state index in [4.69, 9.17) is 80.8 Å². The van der Waals surface area contributed by atoms with E-state index < -0.39 is 0 Å². The Bertz CT molecular complexity index is 377. The van der Waals surface area contributed by atoms with Gasteiger partial charge in [0.2, 0.25) is 0 Å². The van der Waals surface area contributed by atoms with Gasteiger partial charge < -0.3 is 28.3 Å². The van der Waals surface area contributed by atoms with Crippen LogP contribution in [-0.2, 0) is 0 Å². The molecule has 0 bridgehead atoms. The van der Waals surface area contributed by atoms with Crippen LogP contribution in [0, 0.1) is 46.9 Å². The summed E-state index contributed by atoms with van der Waals surface area (Å²) in [5, 5.41) is 30.6. The highest BCUT2D eigenvalue weighted by Crippen LogP contribution is 1.89. The Morgan fingerprint density at radius 1 is 0.700 bits per heavy atom. The Hall–Kier alpha value is -3.67. The predicted molar refractivity (Wildman–Crippen MR) is 160 cm³/mol. The smallest absolute Gasteiger partial charge is 0.00974 e. The van der Waals surface area contributed by atoms with Gasteiger partial charge in [0.05, 0.1) is 0 Å². The highest BCUT2D eigenvalue weighted by molar-refractivity contribution is 8.93. The maximum absolute atomic E-state index is 8.12. The molecule has 0 rings (SSSR count). The number of nitrogens with two attached hydrogens (primary N) is 3. The Morgan fingerprint density at radius 2 is 0.900 bits per heavy atom. The molecule has 0 aliphatic heterocycles. The summed E-state index contributed by atoms with van der Waals surface area (Å²) in [6.07, 6.45) is 7.18. The van der Waals surface area contributed by atoms with Crippen LogP contribution in [-0.4, -0.2) is 47.8 Å². The minimum Gasteiger partial charge on any atom is -0.344 e. The van der Waals surface area contributed by atoms with E-state index in [2.05, 4.69) is 23.0 Å². The van der Waals surface area contributed by atoms with E-state index >= 15 is 0 Å². The third-order valence-electron chi connectivity index (χ3n) is 1.83. The van der Waals surface area contributed by atoms with E-state index in [1.54, 1.807) is 14.7 Å². The van der Waals surface area contributed by atoms with Gasteiger partial charge in [-0.2, -0.15) is 0 Å². The van der Waals surface area contributed by atoms with Crippen molar-refractivity contribution in [2.24, 2.45) is 17.3 Å². The molecule has 0 heterocycles. The molecule has 0 unspecified atom stereocenters. The lowest BCUT2D eigenvalue weighted by molar-refractivity contribution is -0.399. The van der Waals surface area contributed by atoms with Crippen molar-refractivity contribution in [3.05, 3.63) is 61.7 Å². The van der Waals surface area contributed by atoms with Crippen molar-refractivity contribution >= 4 is 17.0 Å².